The third-order valence-electron chi connectivity index (χ3n) is 3.55. The molecule has 0 aliphatic heterocycles. The lowest BCUT2D eigenvalue weighted by molar-refractivity contribution is -0.137. The monoisotopic (exact) mass is 442 g/mol. The molecule has 0 saturated carbocycles. The summed E-state index contributed by atoms with van der Waals surface area (Å²) >= 11 is 6.64. The number of carbonyl (C=O) groups is 1. The lowest BCUT2D eigenvalue weighted by atomic mass is 10.2. The Morgan fingerprint density at radius 3 is 2.69 bits per heavy atom. The summed E-state index contributed by atoms with van der Waals surface area (Å²) in [7, 11) is 0. The van der Waals surface area contributed by atoms with Gasteiger partial charge in [-0.15, -0.1) is 11.3 Å². The number of halogens is 4. The van der Waals surface area contributed by atoms with Crippen molar-refractivity contribution in [1.29, 1.82) is 0 Å². The Morgan fingerprint density at radius 2 is 2.07 bits per heavy atom. The normalized spacial score (nSPS) is 13.0. The number of nitrogens with one attached hydrogen (secondary N) is 1. The maximum atomic E-state index is 12.8. The number of nitrogens with zero attached hydrogens (tertiary/aromatic N) is 3. The van der Waals surface area contributed by atoms with Crippen LogP contribution in [0.3, 0.4) is 0 Å². The zero-order valence-corrected chi connectivity index (χ0v) is 16.7. The van der Waals surface area contributed by atoms with E-state index in [2.05, 4.69) is 20.3 Å². The van der Waals surface area contributed by atoms with Gasteiger partial charge in [0.05, 0.1) is 28.3 Å². The highest BCUT2D eigenvalue weighted by atomic mass is 35.5. The molecule has 6 nitrogen and oxygen atoms in total. The number of alkyl halides is 3. The van der Waals surface area contributed by atoms with E-state index in [1.54, 1.807) is 12.2 Å². The molecule has 3 rings (SSSR count). The Morgan fingerprint density at radius 1 is 1.31 bits per heavy atom. The molecule has 0 spiro atoms. The van der Waals surface area contributed by atoms with E-state index in [1.165, 1.54) is 31.5 Å². The van der Waals surface area contributed by atoms with Crippen molar-refractivity contribution in [2.24, 2.45) is 0 Å². The van der Waals surface area contributed by atoms with Crippen molar-refractivity contribution < 1.29 is 22.7 Å². The number of thiazole rings is 1. The average molecular weight is 443 g/mol. The molecular weight excluding hydrogens is 429 g/mol. The minimum atomic E-state index is -4.54. The molecule has 0 aliphatic carbocycles. The van der Waals surface area contributed by atoms with Crippen LogP contribution in [0.5, 0.6) is 11.6 Å². The van der Waals surface area contributed by atoms with E-state index in [4.69, 9.17) is 16.3 Å². The fraction of sp³-hybridized carbons (Fsp3) is 0.222. The standard InChI is InChI=1S/C18H14ClF3N4O2S/c1-9(25-10(2)27)3-4-11-7-24-14(8-23-11)28-13-6-5-12-16(15(13)19)29-17(26-12)18(20,21)22/h3-9H,1-2H3,(H,25,27)/b4-3+/t9-/m0/s1. The largest absolute Gasteiger partial charge is 0.443 e. The second-order valence-corrected chi connectivity index (χ2v) is 7.35. The third-order valence-corrected chi connectivity index (χ3v) is 5.17. The Balaban J connectivity index is 1.76. The third kappa shape index (κ3) is 5.21. The molecule has 2 aromatic heterocycles. The summed E-state index contributed by atoms with van der Waals surface area (Å²) in [6.45, 7) is 3.24. The van der Waals surface area contributed by atoms with Gasteiger partial charge >= 0.3 is 6.18 Å². The average Bonchev–Trinajstić information content (AvgIpc) is 3.08. The number of fused-ring (bicyclic) bond motifs is 1. The van der Waals surface area contributed by atoms with Gasteiger partial charge in [-0.25, -0.2) is 15.0 Å². The maximum Gasteiger partial charge on any atom is 0.443 e. The highest BCUT2D eigenvalue weighted by Crippen LogP contribution is 2.42. The Kier molecular flexibility index (Phi) is 6.04. The maximum absolute atomic E-state index is 12.8. The second kappa shape index (κ2) is 8.34. The number of rotatable bonds is 5. The van der Waals surface area contributed by atoms with Crippen LogP contribution < -0.4 is 10.1 Å². The van der Waals surface area contributed by atoms with E-state index >= 15 is 0 Å². The summed E-state index contributed by atoms with van der Waals surface area (Å²) in [5, 5.41) is 1.74. The molecule has 1 amide bonds. The van der Waals surface area contributed by atoms with Crippen molar-refractivity contribution in [1.82, 2.24) is 20.3 Å². The molecule has 1 N–H and O–H groups in total. The SMILES string of the molecule is CC(=O)N[C@@H](C)/C=C/c1cnc(Oc2ccc3nc(C(F)(F)F)sc3c2Cl)cn1. The van der Waals surface area contributed by atoms with Crippen molar-refractivity contribution in [3.63, 3.8) is 0 Å². The van der Waals surface area contributed by atoms with E-state index in [-0.39, 0.29) is 38.8 Å². The second-order valence-electron chi connectivity index (χ2n) is 5.97. The number of ether oxygens (including phenoxy) is 1. The Labute approximate surface area is 172 Å². The molecule has 2 heterocycles. The molecule has 1 aromatic carbocycles. The number of amides is 1. The van der Waals surface area contributed by atoms with Crippen molar-refractivity contribution in [2.45, 2.75) is 26.1 Å². The van der Waals surface area contributed by atoms with Gasteiger partial charge in [0.2, 0.25) is 11.8 Å². The molecule has 152 valence electrons. The van der Waals surface area contributed by atoms with Crippen molar-refractivity contribution in [3.8, 4) is 11.6 Å². The molecule has 0 radical (unpaired) electrons. The van der Waals surface area contributed by atoms with Gasteiger partial charge in [-0.05, 0) is 25.1 Å². The molecule has 0 bridgehead atoms. The van der Waals surface area contributed by atoms with Gasteiger partial charge in [-0.1, -0.05) is 17.7 Å². The van der Waals surface area contributed by atoms with E-state index in [9.17, 15) is 18.0 Å². The first kappa shape index (κ1) is 21.0. The molecule has 1 atom stereocenters. The van der Waals surface area contributed by atoms with Gasteiger partial charge < -0.3 is 10.1 Å². The summed E-state index contributed by atoms with van der Waals surface area (Å²) in [6.07, 6.45) is 1.70. The van der Waals surface area contributed by atoms with Crippen LogP contribution >= 0.6 is 22.9 Å². The van der Waals surface area contributed by atoms with Crippen molar-refractivity contribution in [3.05, 3.63) is 46.3 Å². The van der Waals surface area contributed by atoms with Crippen molar-refractivity contribution >= 4 is 45.1 Å². The smallest absolute Gasteiger partial charge is 0.436 e. The lowest BCUT2D eigenvalue weighted by Crippen LogP contribution is -2.28. The first-order valence-corrected chi connectivity index (χ1v) is 9.44. The van der Waals surface area contributed by atoms with Gasteiger partial charge in [0.25, 0.3) is 0 Å². The van der Waals surface area contributed by atoms with Gasteiger partial charge in [0.15, 0.2) is 5.01 Å². The molecule has 3 aromatic rings. The van der Waals surface area contributed by atoms with Gasteiger partial charge in [-0.3, -0.25) is 4.79 Å². The zero-order chi connectivity index (χ0) is 21.2. The molecule has 0 aliphatic rings. The number of carbonyl (C=O) groups excluding carboxylic acids is 1. The van der Waals surface area contributed by atoms with Crippen LogP contribution in [-0.2, 0) is 11.0 Å². The highest BCUT2D eigenvalue weighted by Gasteiger charge is 2.35. The molecule has 11 heteroatoms. The van der Waals surface area contributed by atoms with Gasteiger partial charge in [0.1, 0.15) is 10.8 Å². The Hall–Kier alpha value is -2.72. The van der Waals surface area contributed by atoms with Crippen LogP contribution in [0, 0.1) is 0 Å². The summed E-state index contributed by atoms with van der Waals surface area (Å²) in [4.78, 5) is 22.8. The van der Waals surface area contributed by atoms with E-state index in [0.717, 1.165) is 0 Å². The number of hydrogen-bond acceptors (Lipinski definition) is 6. The van der Waals surface area contributed by atoms with E-state index in [1.807, 2.05) is 6.92 Å². The number of benzene rings is 1. The van der Waals surface area contributed by atoms with Crippen LogP contribution in [0.2, 0.25) is 5.02 Å². The summed E-state index contributed by atoms with van der Waals surface area (Å²) < 4.78 is 44.3. The van der Waals surface area contributed by atoms with Crippen LogP contribution in [0.1, 0.15) is 24.5 Å². The van der Waals surface area contributed by atoms with E-state index in [0.29, 0.717) is 17.0 Å². The van der Waals surface area contributed by atoms with Gasteiger partial charge in [-0.2, -0.15) is 13.2 Å². The summed E-state index contributed by atoms with van der Waals surface area (Å²) in [6, 6.07) is 2.66. The zero-order valence-electron chi connectivity index (χ0n) is 15.1. The molecule has 0 fully saturated rings. The van der Waals surface area contributed by atoms with Crippen LogP contribution in [0.25, 0.3) is 16.3 Å². The molecule has 0 saturated heterocycles. The summed E-state index contributed by atoms with van der Waals surface area (Å²) in [5.74, 6) is 0.126. The number of hydrogen-bond donors (Lipinski definition) is 1. The minimum absolute atomic E-state index is 0.0189. The topological polar surface area (TPSA) is 77.0 Å². The molecule has 29 heavy (non-hydrogen) atoms. The van der Waals surface area contributed by atoms with Crippen LogP contribution in [-0.4, -0.2) is 26.9 Å². The summed E-state index contributed by atoms with van der Waals surface area (Å²) in [5.41, 5.74) is 0.674. The van der Waals surface area contributed by atoms with Crippen molar-refractivity contribution in [2.75, 3.05) is 0 Å². The predicted octanol–water partition coefficient (Wildman–Crippen LogP) is 5.09. The lowest BCUT2D eigenvalue weighted by Gasteiger charge is -2.07. The number of aromatic nitrogens is 3. The fourth-order valence-electron chi connectivity index (χ4n) is 2.33. The van der Waals surface area contributed by atoms with Gasteiger partial charge in [0, 0.05) is 13.0 Å². The Bertz CT molecular complexity index is 1070. The fourth-order valence-corrected chi connectivity index (χ4v) is 3.51. The highest BCUT2D eigenvalue weighted by molar-refractivity contribution is 7.19. The van der Waals surface area contributed by atoms with E-state index < -0.39 is 11.2 Å². The van der Waals surface area contributed by atoms with Crippen LogP contribution in [0.15, 0.2) is 30.6 Å². The first-order chi connectivity index (χ1) is 13.6. The predicted molar refractivity (Wildman–Crippen MR) is 104 cm³/mol. The van der Waals surface area contributed by atoms with Crippen LogP contribution in [0.4, 0.5) is 13.2 Å². The minimum Gasteiger partial charge on any atom is -0.436 e. The molecule has 0 unspecified atom stereocenters. The molecular formula is C18H14ClF3N4O2S. The first-order valence-electron chi connectivity index (χ1n) is 8.25. The quantitative estimate of drug-likeness (QED) is 0.595.